The molecule has 1 aromatic carbocycles. The predicted octanol–water partition coefficient (Wildman–Crippen LogP) is 3.46. The maximum atomic E-state index is 12.6. The van der Waals surface area contributed by atoms with Gasteiger partial charge in [-0.1, -0.05) is 17.8 Å². The lowest BCUT2D eigenvalue weighted by Crippen LogP contribution is -2.14. The Morgan fingerprint density at radius 3 is 2.79 bits per heavy atom. The van der Waals surface area contributed by atoms with Crippen molar-refractivity contribution in [2.24, 2.45) is 0 Å². The molecule has 2 aromatic heterocycles. The molecule has 0 aliphatic heterocycles. The van der Waals surface area contributed by atoms with Gasteiger partial charge in [-0.25, -0.2) is 18.4 Å². The SMILES string of the molecule is COc1cccc(NC(=O)CSc2ncc(S(=O)(=O)c3ccc(Br)s3)c(N)n2)c1. The maximum Gasteiger partial charge on any atom is 0.234 e. The Morgan fingerprint density at radius 1 is 1.34 bits per heavy atom. The average molecular weight is 515 g/mol. The van der Waals surface area contributed by atoms with Crippen molar-refractivity contribution in [3.63, 3.8) is 0 Å². The lowest BCUT2D eigenvalue weighted by molar-refractivity contribution is -0.113. The first-order valence-corrected chi connectivity index (χ1v) is 12.1. The number of carbonyl (C=O) groups excluding carboxylic acids is 1. The third-order valence-electron chi connectivity index (χ3n) is 3.55. The zero-order valence-electron chi connectivity index (χ0n) is 15.0. The molecule has 8 nitrogen and oxygen atoms in total. The maximum absolute atomic E-state index is 12.6. The van der Waals surface area contributed by atoms with Crippen LogP contribution < -0.4 is 15.8 Å². The summed E-state index contributed by atoms with van der Waals surface area (Å²) >= 11 is 5.35. The average Bonchev–Trinajstić information content (AvgIpc) is 3.13. The van der Waals surface area contributed by atoms with Crippen LogP contribution in [-0.4, -0.2) is 37.2 Å². The molecule has 3 N–H and O–H groups in total. The first-order chi connectivity index (χ1) is 13.8. The quantitative estimate of drug-likeness (QED) is 0.362. The Bertz CT molecular complexity index is 1150. The molecule has 3 rings (SSSR count). The van der Waals surface area contributed by atoms with Crippen molar-refractivity contribution >= 4 is 66.3 Å². The van der Waals surface area contributed by atoms with Crippen molar-refractivity contribution in [3.05, 3.63) is 46.4 Å². The van der Waals surface area contributed by atoms with E-state index >= 15 is 0 Å². The van der Waals surface area contributed by atoms with Gasteiger partial charge in [0.15, 0.2) is 5.16 Å². The van der Waals surface area contributed by atoms with Crippen LogP contribution >= 0.6 is 39.0 Å². The smallest absolute Gasteiger partial charge is 0.234 e. The number of ether oxygens (including phenoxy) is 1. The lowest BCUT2D eigenvalue weighted by Gasteiger charge is -2.08. The highest BCUT2D eigenvalue weighted by molar-refractivity contribution is 9.11. The van der Waals surface area contributed by atoms with Gasteiger partial charge in [-0.15, -0.1) is 11.3 Å². The molecule has 12 heteroatoms. The third kappa shape index (κ3) is 5.26. The second-order valence-electron chi connectivity index (χ2n) is 5.53. The number of hydrogen-bond donors (Lipinski definition) is 2. The van der Waals surface area contributed by atoms with Gasteiger partial charge in [-0.05, 0) is 40.2 Å². The van der Waals surface area contributed by atoms with E-state index in [2.05, 4.69) is 31.2 Å². The molecule has 0 spiro atoms. The predicted molar refractivity (Wildman–Crippen MR) is 116 cm³/mol. The van der Waals surface area contributed by atoms with E-state index in [-0.39, 0.29) is 31.7 Å². The molecule has 0 aliphatic rings. The fourth-order valence-corrected chi connectivity index (χ4v) is 6.24. The van der Waals surface area contributed by atoms with Crippen molar-refractivity contribution in [3.8, 4) is 5.75 Å². The number of sulfone groups is 1. The van der Waals surface area contributed by atoms with Crippen LogP contribution in [0.3, 0.4) is 0 Å². The number of thiophene rings is 1. The normalized spacial score (nSPS) is 11.2. The first-order valence-electron chi connectivity index (χ1n) is 7.99. The Labute approximate surface area is 184 Å². The van der Waals surface area contributed by atoms with Crippen molar-refractivity contribution in [1.82, 2.24) is 9.97 Å². The highest BCUT2D eigenvalue weighted by Crippen LogP contribution is 2.32. The summed E-state index contributed by atoms with van der Waals surface area (Å²) in [5.41, 5.74) is 6.44. The summed E-state index contributed by atoms with van der Waals surface area (Å²) in [6.45, 7) is 0. The highest BCUT2D eigenvalue weighted by Gasteiger charge is 2.24. The van der Waals surface area contributed by atoms with E-state index in [1.807, 2.05) is 0 Å². The van der Waals surface area contributed by atoms with Gasteiger partial charge in [-0.2, -0.15) is 0 Å². The highest BCUT2D eigenvalue weighted by atomic mass is 79.9. The largest absolute Gasteiger partial charge is 0.497 e. The number of nitrogen functional groups attached to an aromatic ring is 1. The fourth-order valence-electron chi connectivity index (χ4n) is 2.22. The summed E-state index contributed by atoms with van der Waals surface area (Å²) < 4.78 is 31.2. The van der Waals surface area contributed by atoms with E-state index in [9.17, 15) is 13.2 Å². The first kappa shape index (κ1) is 21.6. The number of aromatic nitrogens is 2. The number of thioether (sulfide) groups is 1. The number of carbonyl (C=O) groups is 1. The molecular formula is C17H15BrN4O4S3. The zero-order valence-corrected chi connectivity index (χ0v) is 19.0. The number of hydrogen-bond acceptors (Lipinski definition) is 9. The fraction of sp³-hybridized carbons (Fsp3) is 0.118. The van der Waals surface area contributed by atoms with Gasteiger partial charge in [0.05, 0.1) is 22.8 Å². The van der Waals surface area contributed by atoms with E-state index in [1.54, 1.807) is 37.4 Å². The van der Waals surface area contributed by atoms with Crippen LogP contribution in [0, 0.1) is 0 Å². The van der Waals surface area contributed by atoms with Crippen LogP contribution in [0.2, 0.25) is 0 Å². The second-order valence-corrected chi connectivity index (χ2v) is 11.1. The van der Waals surface area contributed by atoms with Crippen LogP contribution in [-0.2, 0) is 14.6 Å². The Balaban J connectivity index is 1.67. The van der Waals surface area contributed by atoms with Crippen LogP contribution in [0.25, 0.3) is 0 Å². The summed E-state index contributed by atoms with van der Waals surface area (Å²) in [7, 11) is -2.26. The standard InChI is InChI=1S/C17H15BrN4O4S3/c1-26-11-4-2-3-10(7-11)21-14(23)9-27-17-20-8-12(16(19)22-17)29(24,25)15-6-5-13(18)28-15/h2-8H,9H2,1H3,(H,21,23)(H2,19,20,22). The molecule has 0 aliphatic carbocycles. The minimum absolute atomic E-state index is 0.0284. The number of benzene rings is 1. The van der Waals surface area contributed by atoms with Crippen LogP contribution in [0.4, 0.5) is 11.5 Å². The number of nitrogens with two attached hydrogens (primary N) is 1. The Hall–Kier alpha value is -2.15. The number of halogens is 1. The summed E-state index contributed by atoms with van der Waals surface area (Å²) in [4.78, 5) is 20.0. The topological polar surface area (TPSA) is 124 Å². The molecule has 0 bridgehead atoms. The number of rotatable bonds is 7. The Kier molecular flexibility index (Phi) is 6.77. The van der Waals surface area contributed by atoms with Gasteiger partial charge in [-0.3, -0.25) is 4.79 Å². The molecule has 0 radical (unpaired) electrons. The van der Waals surface area contributed by atoms with Gasteiger partial charge >= 0.3 is 0 Å². The lowest BCUT2D eigenvalue weighted by atomic mass is 10.3. The summed E-state index contributed by atoms with van der Waals surface area (Å²) in [6, 6.07) is 10.1. The van der Waals surface area contributed by atoms with Gasteiger partial charge < -0.3 is 15.8 Å². The number of nitrogens with one attached hydrogen (secondary N) is 1. The van der Waals surface area contributed by atoms with Crippen LogP contribution in [0.1, 0.15) is 0 Å². The van der Waals surface area contributed by atoms with E-state index in [0.29, 0.717) is 15.2 Å². The molecule has 0 saturated heterocycles. The van der Waals surface area contributed by atoms with E-state index < -0.39 is 9.84 Å². The molecule has 1 amide bonds. The van der Waals surface area contributed by atoms with Gasteiger partial charge in [0, 0.05) is 11.8 Å². The summed E-state index contributed by atoms with van der Waals surface area (Å²) in [6.07, 6.45) is 1.16. The molecule has 152 valence electrons. The number of nitrogens with zero attached hydrogens (tertiary/aromatic N) is 2. The number of methoxy groups -OCH3 is 1. The molecule has 0 unspecified atom stereocenters. The second kappa shape index (κ2) is 9.11. The summed E-state index contributed by atoms with van der Waals surface area (Å²) in [5, 5.41) is 2.94. The summed E-state index contributed by atoms with van der Waals surface area (Å²) in [5.74, 6) is 0.215. The molecular weight excluding hydrogens is 500 g/mol. The van der Waals surface area contributed by atoms with Gasteiger partial charge in [0.1, 0.15) is 20.7 Å². The van der Waals surface area contributed by atoms with Crippen LogP contribution in [0.5, 0.6) is 5.75 Å². The molecule has 3 aromatic rings. The molecule has 2 heterocycles. The van der Waals surface area contributed by atoms with Gasteiger partial charge in [0.25, 0.3) is 0 Å². The van der Waals surface area contributed by atoms with Crippen molar-refractivity contribution in [1.29, 1.82) is 0 Å². The molecule has 0 saturated carbocycles. The molecule has 0 atom stereocenters. The minimum atomic E-state index is -3.81. The van der Waals surface area contributed by atoms with Crippen molar-refractivity contribution < 1.29 is 17.9 Å². The van der Waals surface area contributed by atoms with Crippen molar-refractivity contribution in [2.75, 3.05) is 23.9 Å². The molecule has 0 fully saturated rings. The number of amides is 1. The third-order valence-corrected chi connectivity index (χ3v) is 8.30. The van der Waals surface area contributed by atoms with E-state index in [1.165, 1.54) is 6.07 Å². The molecule has 29 heavy (non-hydrogen) atoms. The van der Waals surface area contributed by atoms with Gasteiger partial charge in [0.2, 0.25) is 15.7 Å². The minimum Gasteiger partial charge on any atom is -0.497 e. The van der Waals surface area contributed by atoms with E-state index in [4.69, 9.17) is 10.5 Å². The van der Waals surface area contributed by atoms with Crippen molar-refractivity contribution in [2.45, 2.75) is 14.3 Å². The van der Waals surface area contributed by atoms with E-state index in [0.717, 1.165) is 29.3 Å². The number of anilines is 2. The monoisotopic (exact) mass is 514 g/mol. The Morgan fingerprint density at radius 2 is 2.14 bits per heavy atom. The zero-order chi connectivity index (χ0) is 21.0. The van der Waals surface area contributed by atoms with Crippen LogP contribution in [0.15, 0.2) is 60.6 Å².